The van der Waals surface area contributed by atoms with Crippen LogP contribution in [0.2, 0.25) is 0 Å². The fourth-order valence-corrected chi connectivity index (χ4v) is 3.66. The van der Waals surface area contributed by atoms with Gasteiger partial charge in [0.15, 0.2) is 0 Å². The van der Waals surface area contributed by atoms with Gasteiger partial charge in [-0.25, -0.2) is 4.39 Å². The summed E-state index contributed by atoms with van der Waals surface area (Å²) in [4.78, 5) is 0. The summed E-state index contributed by atoms with van der Waals surface area (Å²) in [5.41, 5.74) is 2.18. The molecule has 1 heterocycles. The highest BCUT2D eigenvalue weighted by Gasteiger charge is 2.33. The van der Waals surface area contributed by atoms with E-state index in [4.69, 9.17) is 23.2 Å². The molecule has 0 saturated carbocycles. The molecule has 1 aromatic heterocycles. The third-order valence-corrected chi connectivity index (χ3v) is 5.77. The van der Waals surface area contributed by atoms with E-state index < -0.39 is 5.41 Å². The lowest BCUT2D eigenvalue weighted by molar-refractivity contribution is 0.504. The molecule has 0 fully saturated rings. The van der Waals surface area contributed by atoms with Gasteiger partial charge < -0.3 is 0 Å². The number of halogens is 4. The summed E-state index contributed by atoms with van der Waals surface area (Å²) >= 11 is 16.0. The maximum atomic E-state index is 13.6. The van der Waals surface area contributed by atoms with Crippen molar-refractivity contribution < 1.29 is 4.39 Å². The smallest absolute Gasteiger partial charge is 0.123 e. The van der Waals surface area contributed by atoms with Crippen molar-refractivity contribution >= 4 is 39.1 Å². The van der Waals surface area contributed by atoms with Crippen molar-refractivity contribution in [1.29, 1.82) is 0 Å². The third kappa shape index (κ3) is 3.27. The third-order valence-electron chi connectivity index (χ3n) is 3.72. The maximum absolute atomic E-state index is 13.6. The monoisotopic (exact) mass is 392 g/mol. The molecule has 2 nitrogen and oxygen atoms in total. The van der Waals surface area contributed by atoms with Crippen LogP contribution in [0.1, 0.15) is 17.0 Å². The van der Waals surface area contributed by atoms with Crippen molar-refractivity contribution in [2.24, 2.45) is 7.05 Å². The molecule has 0 bridgehead atoms. The van der Waals surface area contributed by atoms with E-state index in [1.165, 1.54) is 12.1 Å². The number of aryl methyl sites for hydroxylation is 2. The Morgan fingerprint density at radius 2 is 2.00 bits per heavy atom. The second-order valence-electron chi connectivity index (χ2n) is 5.20. The van der Waals surface area contributed by atoms with Gasteiger partial charge in [-0.2, -0.15) is 5.10 Å². The van der Waals surface area contributed by atoms with E-state index in [1.54, 1.807) is 6.07 Å². The summed E-state index contributed by atoms with van der Waals surface area (Å²) in [6.45, 7) is 1.93. The van der Waals surface area contributed by atoms with Gasteiger partial charge in [-0.05, 0) is 40.5 Å². The maximum Gasteiger partial charge on any atom is 0.123 e. The highest BCUT2D eigenvalue weighted by molar-refractivity contribution is 9.10. The molecule has 0 aliphatic heterocycles. The number of alkyl halides is 2. The van der Waals surface area contributed by atoms with Crippen LogP contribution in [0.25, 0.3) is 0 Å². The highest BCUT2D eigenvalue weighted by atomic mass is 79.9. The molecule has 2 rings (SSSR count). The zero-order valence-corrected chi connectivity index (χ0v) is 14.9. The molecule has 0 aliphatic carbocycles. The molecule has 6 heteroatoms. The van der Waals surface area contributed by atoms with Gasteiger partial charge in [0.25, 0.3) is 0 Å². The molecular formula is C15H16BrCl2FN2. The Morgan fingerprint density at radius 1 is 1.33 bits per heavy atom. The van der Waals surface area contributed by atoms with Crippen LogP contribution in [0.4, 0.5) is 4.39 Å². The quantitative estimate of drug-likeness (QED) is 0.679. The first-order valence-corrected chi connectivity index (χ1v) is 8.35. The summed E-state index contributed by atoms with van der Waals surface area (Å²) in [6.07, 6.45) is 0.585. The van der Waals surface area contributed by atoms with E-state index in [0.29, 0.717) is 18.2 Å². The molecule has 0 saturated heterocycles. The predicted molar refractivity (Wildman–Crippen MR) is 88.9 cm³/mol. The molecule has 0 N–H and O–H groups in total. The summed E-state index contributed by atoms with van der Waals surface area (Å²) < 4.78 is 16.3. The summed E-state index contributed by atoms with van der Waals surface area (Å²) in [5.74, 6) is 0.320. The fraction of sp³-hybridized carbons (Fsp3) is 0.400. The molecule has 1 aromatic carbocycles. The Hall–Kier alpha value is -0.580. The number of hydrogen-bond acceptors (Lipinski definition) is 1. The van der Waals surface area contributed by atoms with Gasteiger partial charge >= 0.3 is 0 Å². The van der Waals surface area contributed by atoms with Gasteiger partial charge in [-0.1, -0.05) is 12.1 Å². The fourth-order valence-electron chi connectivity index (χ4n) is 2.40. The SMILES string of the molecule is Cc1nn(C)c(CC(CCl)(CCl)c2cccc(F)c2)c1Br. The Labute approximate surface area is 142 Å². The van der Waals surface area contributed by atoms with Crippen LogP contribution in [0.15, 0.2) is 28.7 Å². The van der Waals surface area contributed by atoms with Crippen molar-refractivity contribution in [3.05, 3.63) is 51.5 Å². The Balaban J connectivity index is 2.48. The Bertz CT molecular complexity index is 639. The topological polar surface area (TPSA) is 17.8 Å². The van der Waals surface area contributed by atoms with Crippen molar-refractivity contribution in [3.63, 3.8) is 0 Å². The van der Waals surface area contributed by atoms with Gasteiger partial charge in [-0.3, -0.25) is 4.68 Å². The van der Waals surface area contributed by atoms with Crippen LogP contribution in [0, 0.1) is 12.7 Å². The Morgan fingerprint density at radius 3 is 2.48 bits per heavy atom. The van der Waals surface area contributed by atoms with Crippen LogP contribution in [0.3, 0.4) is 0 Å². The van der Waals surface area contributed by atoms with Gasteiger partial charge in [-0.15, -0.1) is 23.2 Å². The number of rotatable bonds is 5. The first kappa shape index (κ1) is 16.8. The first-order chi connectivity index (χ1) is 9.93. The minimum absolute atomic E-state index is 0.285. The molecular weight excluding hydrogens is 378 g/mol. The molecule has 0 radical (unpaired) electrons. The minimum Gasteiger partial charge on any atom is -0.271 e. The predicted octanol–water partition coefficient (Wildman–Crippen LogP) is 4.59. The van der Waals surface area contributed by atoms with Crippen molar-refractivity contribution in [3.8, 4) is 0 Å². The average molecular weight is 394 g/mol. The van der Waals surface area contributed by atoms with E-state index in [0.717, 1.165) is 21.4 Å². The molecule has 0 amide bonds. The van der Waals surface area contributed by atoms with Gasteiger partial charge in [0.2, 0.25) is 0 Å². The van der Waals surface area contributed by atoms with Crippen LogP contribution in [-0.4, -0.2) is 21.5 Å². The second kappa shape index (κ2) is 6.67. The lowest BCUT2D eigenvalue weighted by atomic mass is 9.80. The van der Waals surface area contributed by atoms with E-state index in [-0.39, 0.29) is 5.82 Å². The molecule has 2 aromatic rings. The van der Waals surface area contributed by atoms with Crippen LogP contribution in [0.5, 0.6) is 0 Å². The second-order valence-corrected chi connectivity index (χ2v) is 6.53. The normalized spacial score (nSPS) is 11.9. The van der Waals surface area contributed by atoms with E-state index >= 15 is 0 Å². The van der Waals surface area contributed by atoms with Crippen LogP contribution >= 0.6 is 39.1 Å². The van der Waals surface area contributed by atoms with Crippen molar-refractivity contribution in [1.82, 2.24) is 9.78 Å². The first-order valence-electron chi connectivity index (χ1n) is 6.49. The van der Waals surface area contributed by atoms with Crippen molar-refractivity contribution in [2.75, 3.05) is 11.8 Å². The van der Waals surface area contributed by atoms with Gasteiger partial charge in [0.1, 0.15) is 5.82 Å². The lowest BCUT2D eigenvalue weighted by Gasteiger charge is -2.30. The molecule has 0 unspecified atom stereocenters. The van der Waals surface area contributed by atoms with Crippen LogP contribution < -0.4 is 0 Å². The van der Waals surface area contributed by atoms with Gasteiger partial charge in [0.05, 0.1) is 15.9 Å². The zero-order valence-electron chi connectivity index (χ0n) is 11.8. The molecule has 21 heavy (non-hydrogen) atoms. The molecule has 0 spiro atoms. The van der Waals surface area contributed by atoms with Crippen molar-refractivity contribution in [2.45, 2.75) is 18.8 Å². The number of aromatic nitrogens is 2. The van der Waals surface area contributed by atoms with E-state index in [9.17, 15) is 4.39 Å². The summed E-state index contributed by atoms with van der Waals surface area (Å²) in [6, 6.07) is 6.47. The number of nitrogens with zero attached hydrogens (tertiary/aromatic N) is 2. The zero-order chi connectivity index (χ0) is 15.6. The average Bonchev–Trinajstić information content (AvgIpc) is 2.70. The summed E-state index contributed by atoms with van der Waals surface area (Å²) in [7, 11) is 1.88. The molecule has 0 atom stereocenters. The highest BCUT2D eigenvalue weighted by Crippen LogP contribution is 2.34. The number of benzene rings is 1. The molecule has 0 aliphatic rings. The largest absolute Gasteiger partial charge is 0.271 e. The van der Waals surface area contributed by atoms with Gasteiger partial charge in [0, 0.05) is 30.6 Å². The number of hydrogen-bond donors (Lipinski definition) is 0. The Kier molecular flexibility index (Phi) is 5.33. The van der Waals surface area contributed by atoms with E-state index in [2.05, 4.69) is 21.0 Å². The molecule has 114 valence electrons. The summed E-state index contributed by atoms with van der Waals surface area (Å²) in [5, 5.41) is 4.38. The van der Waals surface area contributed by atoms with E-state index in [1.807, 2.05) is 24.7 Å². The minimum atomic E-state index is -0.534. The van der Waals surface area contributed by atoms with Crippen LogP contribution in [-0.2, 0) is 18.9 Å². The standard InChI is InChI=1S/C15H16BrCl2FN2/c1-10-14(16)13(21(2)20-10)7-15(8-17,9-18)11-4-3-5-12(19)6-11/h3-6H,7-9H2,1-2H3. The lowest BCUT2D eigenvalue weighted by Crippen LogP contribution is -2.34.